The van der Waals surface area contributed by atoms with Crippen molar-refractivity contribution in [3.8, 4) is 11.5 Å². The van der Waals surface area contributed by atoms with Crippen molar-refractivity contribution in [1.82, 2.24) is 0 Å². The second-order valence-electron chi connectivity index (χ2n) is 3.87. The Hall–Kier alpha value is -1.36. The standard InChI is InChI=1S/C12H12O4S/c13-12-11(3-4-16-12)17-8-1-2-9-10(7-8)15-6-5-14-9/h1-2,7,11H,3-6H2/t11-/m0/s1. The molecule has 2 aliphatic heterocycles. The van der Waals surface area contributed by atoms with Crippen LogP contribution in [0.2, 0.25) is 0 Å². The van der Waals surface area contributed by atoms with Gasteiger partial charge < -0.3 is 14.2 Å². The van der Waals surface area contributed by atoms with Crippen LogP contribution in [0, 0.1) is 0 Å². The summed E-state index contributed by atoms with van der Waals surface area (Å²) in [5.41, 5.74) is 0. The fraction of sp³-hybridized carbons (Fsp3) is 0.417. The zero-order chi connectivity index (χ0) is 11.7. The predicted molar refractivity (Wildman–Crippen MR) is 62.7 cm³/mol. The molecule has 1 fully saturated rings. The van der Waals surface area contributed by atoms with Crippen LogP contribution in [-0.4, -0.2) is 31.0 Å². The highest BCUT2D eigenvalue weighted by molar-refractivity contribution is 8.00. The van der Waals surface area contributed by atoms with E-state index in [1.165, 1.54) is 11.8 Å². The van der Waals surface area contributed by atoms with E-state index in [2.05, 4.69) is 0 Å². The summed E-state index contributed by atoms with van der Waals surface area (Å²) in [6, 6.07) is 5.76. The van der Waals surface area contributed by atoms with E-state index in [1.54, 1.807) is 0 Å². The summed E-state index contributed by atoms with van der Waals surface area (Å²) in [6.07, 6.45) is 0.776. The highest BCUT2D eigenvalue weighted by atomic mass is 32.2. The van der Waals surface area contributed by atoms with Crippen LogP contribution >= 0.6 is 11.8 Å². The molecule has 0 aliphatic carbocycles. The van der Waals surface area contributed by atoms with Gasteiger partial charge in [-0.15, -0.1) is 11.8 Å². The fourth-order valence-corrected chi connectivity index (χ4v) is 2.87. The average molecular weight is 252 g/mol. The van der Waals surface area contributed by atoms with Crippen LogP contribution in [0.4, 0.5) is 0 Å². The number of fused-ring (bicyclic) bond motifs is 1. The quantitative estimate of drug-likeness (QED) is 0.752. The molecule has 17 heavy (non-hydrogen) atoms. The first kappa shape index (κ1) is 10.8. The van der Waals surface area contributed by atoms with E-state index in [0.29, 0.717) is 19.8 Å². The van der Waals surface area contributed by atoms with E-state index >= 15 is 0 Å². The van der Waals surface area contributed by atoms with E-state index in [4.69, 9.17) is 14.2 Å². The Bertz CT molecular complexity index is 446. The Kier molecular flexibility index (Phi) is 2.84. The largest absolute Gasteiger partial charge is 0.486 e. The van der Waals surface area contributed by atoms with E-state index in [-0.39, 0.29) is 11.2 Å². The van der Waals surface area contributed by atoms with Gasteiger partial charge in [-0.05, 0) is 18.2 Å². The summed E-state index contributed by atoms with van der Waals surface area (Å²) >= 11 is 1.52. The lowest BCUT2D eigenvalue weighted by Crippen LogP contribution is -2.15. The normalized spacial score (nSPS) is 22.4. The molecule has 4 nitrogen and oxygen atoms in total. The van der Waals surface area contributed by atoms with Gasteiger partial charge in [0.15, 0.2) is 11.5 Å². The number of esters is 1. The summed E-state index contributed by atoms with van der Waals surface area (Å²) in [7, 11) is 0. The van der Waals surface area contributed by atoms with Gasteiger partial charge in [0.05, 0.1) is 6.61 Å². The molecule has 0 spiro atoms. The molecule has 90 valence electrons. The van der Waals surface area contributed by atoms with Gasteiger partial charge in [0, 0.05) is 11.3 Å². The van der Waals surface area contributed by atoms with Crippen LogP contribution in [0.3, 0.4) is 0 Å². The molecular formula is C12H12O4S. The Morgan fingerprint density at radius 3 is 2.65 bits per heavy atom. The minimum Gasteiger partial charge on any atom is -0.486 e. The number of benzene rings is 1. The molecule has 0 bridgehead atoms. The number of ether oxygens (including phenoxy) is 3. The lowest BCUT2D eigenvalue weighted by atomic mass is 10.3. The van der Waals surface area contributed by atoms with Gasteiger partial charge in [-0.3, -0.25) is 4.79 Å². The molecular weight excluding hydrogens is 240 g/mol. The second kappa shape index (κ2) is 4.49. The van der Waals surface area contributed by atoms with Gasteiger partial charge in [0.1, 0.15) is 18.5 Å². The topological polar surface area (TPSA) is 44.8 Å². The Morgan fingerprint density at radius 1 is 1.06 bits per heavy atom. The number of cyclic esters (lactones) is 1. The van der Waals surface area contributed by atoms with E-state index in [0.717, 1.165) is 22.8 Å². The molecule has 3 rings (SSSR count). The molecule has 5 heteroatoms. The molecule has 0 saturated carbocycles. The van der Waals surface area contributed by atoms with Crippen LogP contribution in [0.1, 0.15) is 6.42 Å². The van der Waals surface area contributed by atoms with Crippen molar-refractivity contribution in [3.63, 3.8) is 0 Å². The van der Waals surface area contributed by atoms with Gasteiger partial charge >= 0.3 is 5.97 Å². The number of carbonyl (C=O) groups is 1. The highest BCUT2D eigenvalue weighted by Crippen LogP contribution is 2.37. The van der Waals surface area contributed by atoms with Crippen molar-refractivity contribution in [2.75, 3.05) is 19.8 Å². The molecule has 0 unspecified atom stereocenters. The molecule has 1 aromatic rings. The maximum atomic E-state index is 11.4. The third-order valence-electron chi connectivity index (χ3n) is 2.68. The highest BCUT2D eigenvalue weighted by Gasteiger charge is 2.27. The summed E-state index contributed by atoms with van der Waals surface area (Å²) in [5, 5.41) is -0.0856. The molecule has 1 saturated heterocycles. The first-order valence-corrected chi connectivity index (χ1v) is 6.44. The van der Waals surface area contributed by atoms with Gasteiger partial charge in [0.2, 0.25) is 0 Å². The summed E-state index contributed by atoms with van der Waals surface area (Å²) in [4.78, 5) is 12.4. The fourth-order valence-electron chi connectivity index (χ4n) is 1.85. The van der Waals surface area contributed by atoms with Crippen molar-refractivity contribution >= 4 is 17.7 Å². The SMILES string of the molecule is O=C1OCC[C@@H]1Sc1ccc2c(c1)OCCO2. The minimum atomic E-state index is -0.120. The molecule has 0 radical (unpaired) electrons. The number of hydrogen-bond donors (Lipinski definition) is 0. The zero-order valence-electron chi connectivity index (χ0n) is 9.18. The van der Waals surface area contributed by atoms with Crippen molar-refractivity contribution in [3.05, 3.63) is 18.2 Å². The number of thioether (sulfide) groups is 1. The average Bonchev–Trinajstić information content (AvgIpc) is 2.75. The second-order valence-corrected chi connectivity index (χ2v) is 5.14. The number of rotatable bonds is 2. The molecule has 0 amide bonds. The third-order valence-corrected chi connectivity index (χ3v) is 3.92. The van der Waals surface area contributed by atoms with Crippen LogP contribution < -0.4 is 9.47 Å². The van der Waals surface area contributed by atoms with Gasteiger partial charge in [0.25, 0.3) is 0 Å². The monoisotopic (exact) mass is 252 g/mol. The van der Waals surface area contributed by atoms with Crippen molar-refractivity contribution in [2.45, 2.75) is 16.6 Å². The maximum Gasteiger partial charge on any atom is 0.319 e. The minimum absolute atomic E-state index is 0.0856. The first-order valence-electron chi connectivity index (χ1n) is 5.56. The van der Waals surface area contributed by atoms with Crippen molar-refractivity contribution in [1.29, 1.82) is 0 Å². The number of hydrogen-bond acceptors (Lipinski definition) is 5. The molecule has 1 atom stereocenters. The predicted octanol–water partition coefficient (Wildman–Crippen LogP) is 1.87. The van der Waals surface area contributed by atoms with E-state index in [9.17, 15) is 4.79 Å². The molecule has 0 N–H and O–H groups in total. The molecule has 1 aromatic carbocycles. The third kappa shape index (κ3) is 2.20. The Labute approximate surface area is 103 Å². The Morgan fingerprint density at radius 2 is 1.88 bits per heavy atom. The van der Waals surface area contributed by atoms with E-state index in [1.807, 2.05) is 18.2 Å². The molecule has 2 heterocycles. The molecule has 2 aliphatic rings. The zero-order valence-corrected chi connectivity index (χ0v) is 10.00. The van der Waals surface area contributed by atoms with Crippen LogP contribution in [0.15, 0.2) is 23.1 Å². The first-order chi connectivity index (χ1) is 8.33. The summed E-state index contributed by atoms with van der Waals surface area (Å²) in [6.45, 7) is 1.70. The van der Waals surface area contributed by atoms with Crippen LogP contribution in [0.5, 0.6) is 11.5 Å². The van der Waals surface area contributed by atoms with Crippen LogP contribution in [-0.2, 0) is 9.53 Å². The van der Waals surface area contributed by atoms with Crippen LogP contribution in [0.25, 0.3) is 0 Å². The Balaban J connectivity index is 1.77. The van der Waals surface area contributed by atoms with Gasteiger partial charge in [-0.25, -0.2) is 0 Å². The maximum absolute atomic E-state index is 11.4. The van der Waals surface area contributed by atoms with Gasteiger partial charge in [-0.1, -0.05) is 0 Å². The van der Waals surface area contributed by atoms with Crippen molar-refractivity contribution in [2.24, 2.45) is 0 Å². The summed E-state index contributed by atoms with van der Waals surface area (Å²) in [5.74, 6) is 1.41. The van der Waals surface area contributed by atoms with E-state index < -0.39 is 0 Å². The lowest BCUT2D eigenvalue weighted by molar-refractivity contribution is -0.137. The number of carbonyl (C=O) groups excluding carboxylic acids is 1. The van der Waals surface area contributed by atoms with Crippen molar-refractivity contribution < 1.29 is 19.0 Å². The smallest absolute Gasteiger partial charge is 0.319 e. The lowest BCUT2D eigenvalue weighted by Gasteiger charge is -2.19. The molecule has 0 aromatic heterocycles. The van der Waals surface area contributed by atoms with Gasteiger partial charge in [-0.2, -0.15) is 0 Å². The summed E-state index contributed by atoms with van der Waals surface area (Å²) < 4.78 is 15.9.